The van der Waals surface area contributed by atoms with Crippen molar-refractivity contribution in [2.24, 2.45) is 0 Å². The van der Waals surface area contributed by atoms with Crippen LogP contribution in [0.15, 0.2) is 73.1 Å². The van der Waals surface area contributed by atoms with Gasteiger partial charge < -0.3 is 0 Å². The summed E-state index contributed by atoms with van der Waals surface area (Å²) in [6, 6.07) is 20.4. The molecular weight excluding hydrogens is 458 g/mol. The van der Waals surface area contributed by atoms with Crippen molar-refractivity contribution in [2.75, 3.05) is 0 Å². The number of benzene rings is 2. The third-order valence-electron chi connectivity index (χ3n) is 5.92. The average molecular weight is 486 g/mol. The Balaban J connectivity index is 0.00000256. The van der Waals surface area contributed by atoms with Gasteiger partial charge in [0, 0.05) is 22.7 Å². The molecular formula is C26H28BrClNO+. The van der Waals surface area contributed by atoms with Crippen molar-refractivity contribution in [2.45, 2.75) is 51.0 Å². The summed E-state index contributed by atoms with van der Waals surface area (Å²) in [6.45, 7) is 0.365. The van der Waals surface area contributed by atoms with Crippen LogP contribution < -0.4 is 4.57 Å². The van der Waals surface area contributed by atoms with Gasteiger partial charge in [-0.1, -0.05) is 67.3 Å². The number of ketones is 1. The van der Waals surface area contributed by atoms with E-state index < -0.39 is 0 Å². The van der Waals surface area contributed by atoms with Gasteiger partial charge in [-0.2, -0.15) is 4.57 Å². The van der Waals surface area contributed by atoms with Gasteiger partial charge in [-0.3, -0.25) is 4.79 Å². The largest absolute Gasteiger partial charge is 0.287 e. The molecule has 1 heterocycles. The predicted molar refractivity (Wildman–Crippen MR) is 128 cm³/mol. The Morgan fingerprint density at radius 2 is 1.43 bits per heavy atom. The van der Waals surface area contributed by atoms with Crippen LogP contribution in [-0.2, 0) is 13.0 Å². The number of carbonyl (C=O) groups excluding carboxylic acids is 1. The van der Waals surface area contributed by atoms with E-state index >= 15 is 0 Å². The molecule has 3 aromatic rings. The molecule has 2 nitrogen and oxygen atoms in total. The Kier molecular flexibility index (Phi) is 8.24. The number of carbonyl (C=O) groups is 1. The number of Topliss-reactive ketones (excluding diaryl/α,β-unsaturated/α-hetero) is 1. The second-order valence-corrected chi connectivity index (χ2v) is 8.50. The maximum atomic E-state index is 12.7. The monoisotopic (exact) mass is 484 g/mol. The van der Waals surface area contributed by atoms with Gasteiger partial charge in [0.05, 0.1) is 0 Å². The Morgan fingerprint density at radius 1 is 0.833 bits per heavy atom. The average Bonchev–Trinajstić information content (AvgIpc) is 2.77. The zero-order valence-corrected chi connectivity index (χ0v) is 19.6. The summed E-state index contributed by atoms with van der Waals surface area (Å²) in [5.41, 5.74) is 4.62. The zero-order valence-electron chi connectivity index (χ0n) is 17.1. The third-order valence-corrected chi connectivity index (χ3v) is 6.17. The number of halogens is 2. The van der Waals surface area contributed by atoms with Crippen LogP contribution in [0.2, 0.25) is 5.02 Å². The molecule has 0 aliphatic heterocycles. The zero-order chi connectivity index (χ0) is 20.1. The van der Waals surface area contributed by atoms with E-state index in [1.54, 1.807) is 0 Å². The van der Waals surface area contributed by atoms with Gasteiger partial charge in [0.25, 0.3) is 0 Å². The van der Waals surface area contributed by atoms with Gasteiger partial charge in [-0.15, -0.1) is 17.0 Å². The second-order valence-electron chi connectivity index (χ2n) is 8.06. The molecule has 4 heteroatoms. The van der Waals surface area contributed by atoms with Crippen LogP contribution >= 0.6 is 28.6 Å². The highest BCUT2D eigenvalue weighted by atomic mass is 79.9. The van der Waals surface area contributed by atoms with Crippen LogP contribution in [0, 0.1) is 0 Å². The smallest absolute Gasteiger partial charge is 0.227 e. The van der Waals surface area contributed by atoms with E-state index in [-0.39, 0.29) is 22.8 Å². The molecule has 0 spiro atoms. The van der Waals surface area contributed by atoms with E-state index in [1.165, 1.54) is 48.8 Å². The number of nitrogens with zero attached hydrogens (tertiary/aromatic N) is 1. The molecule has 0 N–H and O–H groups in total. The fourth-order valence-corrected chi connectivity index (χ4v) is 4.31. The third kappa shape index (κ3) is 6.02. The van der Waals surface area contributed by atoms with Crippen molar-refractivity contribution in [3.8, 4) is 0 Å². The lowest BCUT2D eigenvalue weighted by Gasteiger charge is -2.21. The van der Waals surface area contributed by atoms with Crippen molar-refractivity contribution in [1.29, 1.82) is 0 Å². The van der Waals surface area contributed by atoms with Gasteiger partial charge in [0.1, 0.15) is 0 Å². The first-order valence-electron chi connectivity index (χ1n) is 10.5. The minimum atomic E-state index is 0. The Morgan fingerprint density at radius 3 is 2.07 bits per heavy atom. The van der Waals surface area contributed by atoms with E-state index in [0.29, 0.717) is 12.5 Å². The lowest BCUT2D eigenvalue weighted by Crippen LogP contribution is -2.37. The van der Waals surface area contributed by atoms with E-state index in [0.717, 1.165) is 17.0 Å². The number of hydrogen-bond donors (Lipinski definition) is 0. The van der Waals surface area contributed by atoms with Crippen LogP contribution in [-0.4, -0.2) is 5.78 Å². The summed E-state index contributed by atoms with van der Waals surface area (Å²) >= 11 is 5.95. The summed E-state index contributed by atoms with van der Waals surface area (Å²) in [5, 5.41) is 0.755. The van der Waals surface area contributed by atoms with Gasteiger partial charge in [-0.05, 0) is 54.0 Å². The molecule has 2 aromatic carbocycles. The summed E-state index contributed by atoms with van der Waals surface area (Å²) in [5.74, 6) is 0.825. The molecule has 0 amide bonds. The first-order chi connectivity index (χ1) is 14.2. The van der Waals surface area contributed by atoms with Crippen LogP contribution in [0.5, 0.6) is 0 Å². The SMILES string of the molecule is Br.O=C(C[n+]1ccc(Cc2ccc(Cl)cc2)cc1)c1ccc(C2CCCCC2)cc1. The van der Waals surface area contributed by atoms with Crippen molar-refractivity contribution in [3.05, 3.63) is 100 Å². The molecule has 0 atom stereocenters. The molecule has 1 fully saturated rings. The van der Waals surface area contributed by atoms with Crippen LogP contribution in [0.1, 0.15) is 65.1 Å². The molecule has 0 saturated heterocycles. The predicted octanol–water partition coefficient (Wildman–Crippen LogP) is 6.73. The first kappa shape index (κ1) is 22.7. The van der Waals surface area contributed by atoms with Crippen molar-refractivity contribution < 1.29 is 9.36 Å². The summed E-state index contributed by atoms with van der Waals surface area (Å²) in [6.07, 6.45) is 11.4. The van der Waals surface area contributed by atoms with E-state index in [9.17, 15) is 4.79 Å². The van der Waals surface area contributed by atoms with Gasteiger partial charge in [0.15, 0.2) is 12.4 Å². The number of hydrogen-bond acceptors (Lipinski definition) is 1. The highest BCUT2D eigenvalue weighted by Crippen LogP contribution is 2.32. The number of pyridine rings is 1. The Bertz CT molecular complexity index is 946. The normalized spacial score (nSPS) is 14.2. The molecule has 0 radical (unpaired) electrons. The van der Waals surface area contributed by atoms with E-state index in [4.69, 9.17) is 11.6 Å². The molecule has 0 unspecified atom stereocenters. The maximum Gasteiger partial charge on any atom is 0.227 e. The molecule has 1 aromatic heterocycles. The van der Waals surface area contributed by atoms with Gasteiger partial charge in [-0.25, -0.2) is 0 Å². The fourth-order valence-electron chi connectivity index (χ4n) is 4.18. The summed E-state index contributed by atoms with van der Waals surface area (Å²) < 4.78 is 1.95. The summed E-state index contributed by atoms with van der Waals surface area (Å²) in [7, 11) is 0. The summed E-state index contributed by atoms with van der Waals surface area (Å²) in [4.78, 5) is 12.7. The number of rotatable bonds is 6. The van der Waals surface area contributed by atoms with Gasteiger partial charge in [0.2, 0.25) is 12.3 Å². The first-order valence-corrected chi connectivity index (χ1v) is 10.9. The van der Waals surface area contributed by atoms with E-state index in [1.807, 2.05) is 53.4 Å². The molecule has 1 aliphatic rings. The fraction of sp³-hybridized carbons (Fsp3) is 0.308. The Labute approximate surface area is 194 Å². The highest BCUT2D eigenvalue weighted by Gasteiger charge is 2.17. The molecule has 4 rings (SSSR count). The Hall–Kier alpha value is -1.97. The number of aromatic nitrogens is 1. The van der Waals surface area contributed by atoms with Crippen molar-refractivity contribution in [1.82, 2.24) is 0 Å². The maximum absolute atomic E-state index is 12.7. The van der Waals surface area contributed by atoms with Crippen molar-refractivity contribution >= 4 is 34.4 Å². The molecule has 1 aliphatic carbocycles. The standard InChI is InChI=1S/C26H27ClNO.BrH/c27-25-12-6-20(7-13-25)18-21-14-16-28(17-15-21)19-26(29)24-10-8-23(9-11-24)22-4-2-1-3-5-22;/h6-17,22H,1-5,18-19H2;1H/q+1;. The second kappa shape index (κ2) is 10.9. The van der Waals surface area contributed by atoms with Crippen LogP contribution in [0.3, 0.4) is 0 Å². The van der Waals surface area contributed by atoms with E-state index in [2.05, 4.69) is 24.3 Å². The molecule has 0 bridgehead atoms. The van der Waals surface area contributed by atoms with Gasteiger partial charge >= 0.3 is 0 Å². The van der Waals surface area contributed by atoms with Crippen LogP contribution in [0.4, 0.5) is 0 Å². The van der Waals surface area contributed by atoms with Crippen LogP contribution in [0.25, 0.3) is 0 Å². The molecule has 1 saturated carbocycles. The topological polar surface area (TPSA) is 20.9 Å². The highest BCUT2D eigenvalue weighted by molar-refractivity contribution is 8.93. The lowest BCUT2D eigenvalue weighted by atomic mass is 9.84. The molecule has 156 valence electrons. The quantitative estimate of drug-likeness (QED) is 0.280. The lowest BCUT2D eigenvalue weighted by molar-refractivity contribution is -0.683. The molecule has 30 heavy (non-hydrogen) atoms. The minimum absolute atomic E-state index is 0. The minimum Gasteiger partial charge on any atom is -0.287 e. The van der Waals surface area contributed by atoms with Crippen molar-refractivity contribution in [3.63, 3.8) is 0 Å².